The van der Waals surface area contributed by atoms with Crippen molar-refractivity contribution < 1.29 is 4.79 Å². The normalized spacial score (nSPS) is 10.7. The van der Waals surface area contributed by atoms with E-state index in [1.54, 1.807) is 18.5 Å². The fourth-order valence-electron chi connectivity index (χ4n) is 2.48. The number of carbonyl (C=O) groups is 1. The molecule has 0 fully saturated rings. The van der Waals surface area contributed by atoms with Gasteiger partial charge in [0, 0.05) is 24.5 Å². The lowest BCUT2D eigenvalue weighted by Crippen LogP contribution is -2.27. The second-order valence-corrected chi connectivity index (χ2v) is 6.68. The molecule has 0 radical (unpaired) electrons. The lowest BCUT2D eigenvalue weighted by atomic mass is 10.1. The number of aryl methyl sites for hydroxylation is 1. The number of hydrogen-bond acceptors (Lipinski definition) is 6. The Balaban J connectivity index is 1.49. The Labute approximate surface area is 156 Å². The summed E-state index contributed by atoms with van der Waals surface area (Å²) in [5.74, 6) is 6.71. The molecule has 0 bridgehead atoms. The van der Waals surface area contributed by atoms with Gasteiger partial charge in [0.05, 0.1) is 5.75 Å². The summed E-state index contributed by atoms with van der Waals surface area (Å²) in [6.45, 7) is 2.67. The van der Waals surface area contributed by atoms with E-state index in [4.69, 9.17) is 5.84 Å². The van der Waals surface area contributed by atoms with Crippen molar-refractivity contribution in [3.63, 3.8) is 0 Å². The smallest absolute Gasteiger partial charge is 0.230 e. The topological polar surface area (TPSA) is 98.7 Å². The molecule has 7 nitrogen and oxygen atoms in total. The van der Waals surface area contributed by atoms with Gasteiger partial charge < -0.3 is 11.2 Å². The Morgan fingerprint density at radius 1 is 1.23 bits per heavy atom. The van der Waals surface area contributed by atoms with Crippen molar-refractivity contribution in [1.82, 2.24) is 25.2 Å². The Hall–Kier alpha value is -2.87. The molecule has 2 aromatic heterocycles. The predicted molar refractivity (Wildman–Crippen MR) is 102 cm³/mol. The summed E-state index contributed by atoms with van der Waals surface area (Å²) in [6.07, 6.45) is 4.15. The van der Waals surface area contributed by atoms with Crippen LogP contribution in [0.25, 0.3) is 11.4 Å². The van der Waals surface area contributed by atoms with Crippen molar-refractivity contribution >= 4 is 17.7 Å². The zero-order valence-corrected chi connectivity index (χ0v) is 15.2. The molecule has 3 aromatic rings. The molecule has 0 aliphatic rings. The first kappa shape index (κ1) is 17.9. The SMILES string of the molecule is Cc1ccccc1CCNC(=O)CSc1nnc(-c2cccnc2)n1N. The van der Waals surface area contributed by atoms with Crippen LogP contribution in [0.2, 0.25) is 0 Å². The molecule has 0 atom stereocenters. The number of nitrogens with two attached hydrogens (primary N) is 1. The summed E-state index contributed by atoms with van der Waals surface area (Å²) in [6, 6.07) is 11.8. The molecule has 0 aliphatic carbocycles. The van der Waals surface area contributed by atoms with Crippen LogP contribution in [0.3, 0.4) is 0 Å². The Morgan fingerprint density at radius 3 is 2.85 bits per heavy atom. The molecular weight excluding hydrogens is 348 g/mol. The van der Waals surface area contributed by atoms with Crippen LogP contribution in [0.4, 0.5) is 0 Å². The highest BCUT2D eigenvalue weighted by molar-refractivity contribution is 7.99. The second-order valence-electron chi connectivity index (χ2n) is 5.73. The van der Waals surface area contributed by atoms with E-state index in [1.165, 1.54) is 27.6 Å². The third kappa shape index (κ3) is 4.40. The fraction of sp³-hybridized carbons (Fsp3) is 0.222. The zero-order valence-electron chi connectivity index (χ0n) is 14.4. The molecule has 0 unspecified atom stereocenters. The van der Waals surface area contributed by atoms with E-state index >= 15 is 0 Å². The first-order valence-electron chi connectivity index (χ1n) is 8.20. The first-order valence-corrected chi connectivity index (χ1v) is 9.18. The third-order valence-corrected chi connectivity index (χ3v) is 4.84. The lowest BCUT2D eigenvalue weighted by molar-refractivity contribution is -0.118. The fourth-order valence-corrected chi connectivity index (χ4v) is 3.16. The van der Waals surface area contributed by atoms with E-state index in [9.17, 15) is 4.79 Å². The second kappa shape index (κ2) is 8.48. The molecule has 1 aromatic carbocycles. The number of nitrogen functional groups attached to an aromatic ring is 1. The summed E-state index contributed by atoms with van der Waals surface area (Å²) in [5.41, 5.74) is 3.25. The zero-order chi connectivity index (χ0) is 18.4. The van der Waals surface area contributed by atoms with Crippen molar-refractivity contribution in [1.29, 1.82) is 0 Å². The lowest BCUT2D eigenvalue weighted by Gasteiger charge is -2.07. The van der Waals surface area contributed by atoms with Gasteiger partial charge in [-0.3, -0.25) is 9.78 Å². The molecule has 1 amide bonds. The maximum atomic E-state index is 12.0. The number of carbonyl (C=O) groups excluding carboxylic acids is 1. The quantitative estimate of drug-likeness (QED) is 0.487. The number of nitrogens with zero attached hydrogens (tertiary/aromatic N) is 4. The molecule has 2 heterocycles. The molecular formula is C18H20N6OS. The average molecular weight is 368 g/mol. The van der Waals surface area contributed by atoms with Crippen molar-refractivity contribution in [3.8, 4) is 11.4 Å². The van der Waals surface area contributed by atoms with Crippen molar-refractivity contribution in [3.05, 3.63) is 59.9 Å². The maximum Gasteiger partial charge on any atom is 0.230 e. The molecule has 0 spiro atoms. The third-order valence-electron chi connectivity index (χ3n) is 3.89. The number of benzene rings is 1. The van der Waals surface area contributed by atoms with Crippen molar-refractivity contribution in [2.75, 3.05) is 18.1 Å². The van der Waals surface area contributed by atoms with Gasteiger partial charge in [-0.05, 0) is 36.6 Å². The van der Waals surface area contributed by atoms with Gasteiger partial charge in [-0.15, -0.1) is 10.2 Å². The molecule has 3 rings (SSSR count). The summed E-state index contributed by atoms with van der Waals surface area (Å²) >= 11 is 1.25. The molecule has 0 saturated heterocycles. The van der Waals surface area contributed by atoms with E-state index in [1.807, 2.05) is 18.2 Å². The molecule has 26 heavy (non-hydrogen) atoms. The highest BCUT2D eigenvalue weighted by Gasteiger charge is 2.13. The van der Waals surface area contributed by atoms with E-state index in [0.29, 0.717) is 17.5 Å². The number of hydrogen-bond donors (Lipinski definition) is 2. The van der Waals surface area contributed by atoms with Crippen LogP contribution in [0.15, 0.2) is 53.9 Å². The highest BCUT2D eigenvalue weighted by Crippen LogP contribution is 2.20. The Kier molecular flexibility index (Phi) is 5.85. The summed E-state index contributed by atoms with van der Waals surface area (Å²) in [7, 11) is 0. The Bertz CT molecular complexity index is 880. The van der Waals surface area contributed by atoms with E-state index in [2.05, 4.69) is 39.6 Å². The van der Waals surface area contributed by atoms with Gasteiger partial charge in [0.1, 0.15) is 0 Å². The van der Waals surface area contributed by atoms with Gasteiger partial charge in [0.15, 0.2) is 5.82 Å². The minimum absolute atomic E-state index is 0.0606. The van der Waals surface area contributed by atoms with Crippen LogP contribution >= 0.6 is 11.8 Å². The molecule has 0 aliphatic heterocycles. The highest BCUT2D eigenvalue weighted by atomic mass is 32.2. The minimum Gasteiger partial charge on any atom is -0.355 e. The molecule has 134 valence electrons. The van der Waals surface area contributed by atoms with E-state index in [-0.39, 0.29) is 11.7 Å². The minimum atomic E-state index is -0.0606. The van der Waals surface area contributed by atoms with Gasteiger partial charge in [-0.1, -0.05) is 36.0 Å². The monoisotopic (exact) mass is 368 g/mol. The summed E-state index contributed by atoms with van der Waals surface area (Å²) < 4.78 is 1.38. The van der Waals surface area contributed by atoms with Gasteiger partial charge >= 0.3 is 0 Å². The maximum absolute atomic E-state index is 12.0. The summed E-state index contributed by atoms with van der Waals surface area (Å²) in [5, 5.41) is 11.5. The molecule has 8 heteroatoms. The van der Waals surface area contributed by atoms with Gasteiger partial charge in [0.2, 0.25) is 11.1 Å². The van der Waals surface area contributed by atoms with Gasteiger partial charge in [-0.25, -0.2) is 4.68 Å². The van der Waals surface area contributed by atoms with Crippen LogP contribution < -0.4 is 11.2 Å². The van der Waals surface area contributed by atoms with Crippen LogP contribution in [-0.4, -0.2) is 38.1 Å². The van der Waals surface area contributed by atoms with Crippen molar-refractivity contribution in [2.24, 2.45) is 0 Å². The first-order chi connectivity index (χ1) is 12.6. The number of rotatable bonds is 7. The molecule has 3 N–H and O–H groups in total. The van der Waals surface area contributed by atoms with Crippen molar-refractivity contribution in [2.45, 2.75) is 18.5 Å². The van der Waals surface area contributed by atoms with Crippen LogP contribution in [0, 0.1) is 6.92 Å². The van der Waals surface area contributed by atoms with Crippen LogP contribution in [0.5, 0.6) is 0 Å². The standard InChI is InChI=1S/C18H20N6OS/c1-13-5-2-3-6-14(13)8-10-21-16(25)12-26-18-23-22-17(24(18)19)15-7-4-9-20-11-15/h2-7,9,11H,8,10,12,19H2,1H3,(H,21,25). The Morgan fingerprint density at radius 2 is 2.08 bits per heavy atom. The molecule has 0 saturated carbocycles. The number of nitrogens with one attached hydrogen (secondary N) is 1. The average Bonchev–Trinajstić information content (AvgIpc) is 3.03. The summed E-state index contributed by atoms with van der Waals surface area (Å²) in [4.78, 5) is 16.1. The van der Waals surface area contributed by atoms with Gasteiger partial charge in [-0.2, -0.15) is 0 Å². The van der Waals surface area contributed by atoms with E-state index in [0.717, 1.165) is 12.0 Å². The predicted octanol–water partition coefficient (Wildman–Crippen LogP) is 1.81. The van der Waals surface area contributed by atoms with Gasteiger partial charge in [0.25, 0.3) is 0 Å². The van der Waals surface area contributed by atoms with Crippen LogP contribution in [-0.2, 0) is 11.2 Å². The largest absolute Gasteiger partial charge is 0.355 e. The number of thioether (sulfide) groups is 1. The number of pyridine rings is 1. The van der Waals surface area contributed by atoms with E-state index < -0.39 is 0 Å². The number of aromatic nitrogens is 4. The number of amides is 1. The van der Waals surface area contributed by atoms with Crippen LogP contribution in [0.1, 0.15) is 11.1 Å².